The molecule has 0 atom stereocenters. The molecule has 0 aliphatic carbocycles. The van der Waals surface area contributed by atoms with Crippen LogP contribution in [0.4, 0.5) is 4.39 Å². The molecule has 1 aliphatic rings. The number of benzene rings is 2. The van der Waals surface area contributed by atoms with Gasteiger partial charge in [0.15, 0.2) is 0 Å². The summed E-state index contributed by atoms with van der Waals surface area (Å²) in [5.41, 5.74) is 2.80. The number of fused-ring (bicyclic) bond motifs is 1. The lowest BCUT2D eigenvalue weighted by molar-refractivity contribution is 0.0965. The Hall–Kier alpha value is -2.18. The normalized spacial score (nSPS) is 13.1. The van der Waals surface area contributed by atoms with Crippen LogP contribution in [-0.4, -0.2) is 23.1 Å². The number of hydrogen-bond donors (Lipinski definition) is 3. The summed E-state index contributed by atoms with van der Waals surface area (Å²) in [6, 6.07) is 9.46. The van der Waals surface area contributed by atoms with Gasteiger partial charge in [-0.2, -0.15) is 0 Å². The van der Waals surface area contributed by atoms with Gasteiger partial charge in [-0.15, -0.1) is 0 Å². The van der Waals surface area contributed by atoms with Crippen molar-refractivity contribution < 1.29 is 19.2 Å². The lowest BCUT2D eigenvalue weighted by Crippen LogP contribution is -2.32. The van der Waals surface area contributed by atoms with Crippen LogP contribution in [-0.2, 0) is 6.54 Å². The van der Waals surface area contributed by atoms with Crippen LogP contribution in [0, 0.1) is 5.82 Å². The fourth-order valence-electron chi connectivity index (χ4n) is 2.33. The van der Waals surface area contributed by atoms with Gasteiger partial charge in [-0.3, -0.25) is 4.79 Å². The van der Waals surface area contributed by atoms with Crippen molar-refractivity contribution in [2.45, 2.75) is 6.54 Å². The summed E-state index contributed by atoms with van der Waals surface area (Å²) < 4.78 is 13.4. The van der Waals surface area contributed by atoms with E-state index in [-0.39, 0.29) is 11.4 Å². The SMILES string of the molecule is O=C1NCc2cc(-c3ccc(F)c(B(O)O)c3)ccc21. The maximum Gasteiger partial charge on any atom is 0.491 e. The molecule has 0 saturated heterocycles. The predicted molar refractivity (Wildman–Crippen MR) is 72.8 cm³/mol. The summed E-state index contributed by atoms with van der Waals surface area (Å²) in [4.78, 5) is 11.5. The second-order valence-electron chi connectivity index (χ2n) is 4.66. The third-order valence-corrected chi connectivity index (χ3v) is 3.40. The molecule has 2 aromatic rings. The van der Waals surface area contributed by atoms with E-state index in [0.29, 0.717) is 17.7 Å². The van der Waals surface area contributed by atoms with Gasteiger partial charge in [0.25, 0.3) is 5.91 Å². The highest BCUT2D eigenvalue weighted by atomic mass is 19.1. The van der Waals surface area contributed by atoms with Crippen LogP contribution in [0.25, 0.3) is 11.1 Å². The Morgan fingerprint density at radius 2 is 1.80 bits per heavy atom. The fourth-order valence-corrected chi connectivity index (χ4v) is 2.33. The van der Waals surface area contributed by atoms with E-state index in [1.54, 1.807) is 18.2 Å². The molecule has 4 nitrogen and oxygen atoms in total. The van der Waals surface area contributed by atoms with Gasteiger partial charge in [0.2, 0.25) is 0 Å². The summed E-state index contributed by atoms with van der Waals surface area (Å²) in [6.45, 7) is 0.471. The molecule has 1 aliphatic heterocycles. The molecule has 0 bridgehead atoms. The van der Waals surface area contributed by atoms with Gasteiger partial charge in [0.1, 0.15) is 5.82 Å². The molecule has 100 valence electrons. The zero-order valence-corrected chi connectivity index (χ0v) is 10.4. The Labute approximate surface area is 115 Å². The smallest absolute Gasteiger partial charge is 0.423 e. The molecular weight excluding hydrogens is 260 g/mol. The Kier molecular flexibility index (Phi) is 3.04. The van der Waals surface area contributed by atoms with E-state index in [4.69, 9.17) is 10.0 Å². The lowest BCUT2D eigenvalue weighted by Gasteiger charge is -2.07. The van der Waals surface area contributed by atoms with Gasteiger partial charge in [0.05, 0.1) is 0 Å². The van der Waals surface area contributed by atoms with E-state index in [9.17, 15) is 9.18 Å². The van der Waals surface area contributed by atoms with Crippen LogP contribution < -0.4 is 10.8 Å². The second-order valence-corrected chi connectivity index (χ2v) is 4.66. The number of carbonyl (C=O) groups is 1. The molecule has 0 saturated carbocycles. The molecule has 3 N–H and O–H groups in total. The molecule has 0 fully saturated rings. The predicted octanol–water partition coefficient (Wildman–Crippen LogP) is 0.416. The monoisotopic (exact) mass is 271 g/mol. The average molecular weight is 271 g/mol. The van der Waals surface area contributed by atoms with Crippen molar-refractivity contribution in [3.63, 3.8) is 0 Å². The molecule has 0 spiro atoms. The second kappa shape index (κ2) is 4.74. The molecule has 0 radical (unpaired) electrons. The average Bonchev–Trinajstić information content (AvgIpc) is 2.80. The highest BCUT2D eigenvalue weighted by Crippen LogP contribution is 2.24. The largest absolute Gasteiger partial charge is 0.491 e. The Morgan fingerprint density at radius 1 is 1.10 bits per heavy atom. The number of amides is 1. The third kappa shape index (κ3) is 2.09. The van der Waals surface area contributed by atoms with Crippen molar-refractivity contribution in [2.24, 2.45) is 0 Å². The van der Waals surface area contributed by atoms with Gasteiger partial charge >= 0.3 is 7.12 Å². The summed E-state index contributed by atoms with van der Waals surface area (Å²) in [6.07, 6.45) is 0. The van der Waals surface area contributed by atoms with E-state index < -0.39 is 12.9 Å². The molecule has 6 heteroatoms. The van der Waals surface area contributed by atoms with Crippen LogP contribution in [0.3, 0.4) is 0 Å². The Morgan fingerprint density at radius 3 is 2.55 bits per heavy atom. The highest BCUT2D eigenvalue weighted by Gasteiger charge is 2.20. The van der Waals surface area contributed by atoms with E-state index in [2.05, 4.69) is 5.32 Å². The van der Waals surface area contributed by atoms with Crippen molar-refractivity contribution in [1.29, 1.82) is 0 Å². The first-order chi connectivity index (χ1) is 9.56. The van der Waals surface area contributed by atoms with Crippen molar-refractivity contribution in [1.82, 2.24) is 5.32 Å². The Balaban J connectivity index is 2.06. The van der Waals surface area contributed by atoms with Crippen molar-refractivity contribution >= 4 is 18.5 Å². The van der Waals surface area contributed by atoms with Crippen LogP contribution in [0.15, 0.2) is 36.4 Å². The van der Waals surface area contributed by atoms with Crippen molar-refractivity contribution in [3.05, 3.63) is 53.3 Å². The highest BCUT2D eigenvalue weighted by molar-refractivity contribution is 6.58. The summed E-state index contributed by atoms with van der Waals surface area (Å²) in [5, 5.41) is 21.0. The zero-order valence-electron chi connectivity index (χ0n) is 10.4. The van der Waals surface area contributed by atoms with E-state index in [0.717, 1.165) is 11.1 Å². The molecule has 1 heterocycles. The first-order valence-electron chi connectivity index (χ1n) is 6.13. The first kappa shape index (κ1) is 12.8. The first-order valence-corrected chi connectivity index (χ1v) is 6.13. The molecule has 1 amide bonds. The standard InChI is InChI=1S/C14H11BFNO3/c16-13-4-2-9(6-12(13)15(19)20)8-1-3-11-10(5-8)7-17-14(11)18/h1-6,19-20H,7H2,(H,17,18). The summed E-state index contributed by atoms with van der Waals surface area (Å²) in [7, 11) is -1.85. The van der Waals surface area contributed by atoms with Gasteiger partial charge in [-0.25, -0.2) is 4.39 Å². The van der Waals surface area contributed by atoms with Crippen molar-refractivity contribution in [2.75, 3.05) is 0 Å². The summed E-state index contributed by atoms with van der Waals surface area (Å²) in [5.74, 6) is -0.765. The maximum atomic E-state index is 13.4. The van der Waals surface area contributed by atoms with Crippen LogP contribution in [0.5, 0.6) is 0 Å². The van der Waals surface area contributed by atoms with Crippen LogP contribution in [0.2, 0.25) is 0 Å². The molecule has 0 aromatic heterocycles. The van der Waals surface area contributed by atoms with E-state index in [1.165, 1.54) is 12.1 Å². The van der Waals surface area contributed by atoms with E-state index in [1.807, 2.05) is 6.07 Å². The Bertz CT molecular complexity index is 703. The van der Waals surface area contributed by atoms with Gasteiger partial charge in [-0.05, 0) is 34.9 Å². The molecule has 20 heavy (non-hydrogen) atoms. The minimum Gasteiger partial charge on any atom is -0.423 e. The minimum absolute atomic E-state index is 0.0999. The number of halogens is 1. The van der Waals surface area contributed by atoms with E-state index >= 15 is 0 Å². The van der Waals surface area contributed by atoms with Crippen molar-refractivity contribution in [3.8, 4) is 11.1 Å². The molecule has 3 rings (SSSR count). The van der Waals surface area contributed by atoms with Gasteiger partial charge in [0, 0.05) is 17.6 Å². The third-order valence-electron chi connectivity index (χ3n) is 3.40. The number of rotatable bonds is 2. The summed E-state index contributed by atoms with van der Waals surface area (Å²) >= 11 is 0. The lowest BCUT2D eigenvalue weighted by atomic mass is 9.78. The van der Waals surface area contributed by atoms with Gasteiger partial charge < -0.3 is 15.4 Å². The molecule has 0 unspecified atom stereocenters. The molecular formula is C14H11BFNO3. The fraction of sp³-hybridized carbons (Fsp3) is 0.0714. The number of hydrogen-bond acceptors (Lipinski definition) is 3. The quantitative estimate of drug-likeness (QED) is 0.693. The number of nitrogens with one attached hydrogen (secondary N) is 1. The van der Waals surface area contributed by atoms with Gasteiger partial charge in [-0.1, -0.05) is 18.2 Å². The zero-order chi connectivity index (χ0) is 14.3. The number of carbonyl (C=O) groups excluding carboxylic acids is 1. The minimum atomic E-state index is -1.85. The topological polar surface area (TPSA) is 69.6 Å². The van der Waals surface area contributed by atoms with Crippen LogP contribution >= 0.6 is 0 Å². The van der Waals surface area contributed by atoms with Crippen LogP contribution in [0.1, 0.15) is 15.9 Å². The molecule has 2 aromatic carbocycles. The maximum absolute atomic E-state index is 13.4.